The molecule has 0 saturated carbocycles. The number of hydrogen-bond donors (Lipinski definition) is 1. The van der Waals surface area contributed by atoms with Crippen LogP contribution in [0.5, 0.6) is 0 Å². The molecule has 0 radical (unpaired) electrons. The van der Waals surface area contributed by atoms with Crippen molar-refractivity contribution in [2.24, 2.45) is 0 Å². The summed E-state index contributed by atoms with van der Waals surface area (Å²) < 4.78 is 1.55. The summed E-state index contributed by atoms with van der Waals surface area (Å²) >= 11 is 1.13. The first-order chi connectivity index (χ1) is 12.5. The molecule has 3 rings (SSSR count). The van der Waals surface area contributed by atoms with E-state index in [1.807, 2.05) is 62.4 Å². The maximum absolute atomic E-state index is 12.7. The topological polar surface area (TPSA) is 64.0 Å². The fourth-order valence-corrected chi connectivity index (χ4v) is 3.12. The van der Waals surface area contributed by atoms with Crippen molar-refractivity contribution < 1.29 is 4.79 Å². The van der Waals surface area contributed by atoms with E-state index in [4.69, 9.17) is 0 Å². The summed E-state index contributed by atoms with van der Waals surface area (Å²) in [7, 11) is 0. The van der Waals surface area contributed by atoms with Gasteiger partial charge in [0.05, 0.1) is 5.75 Å². The summed E-state index contributed by atoms with van der Waals surface area (Å²) in [5.74, 6) is -0.0577. The number of amides is 1. The lowest BCUT2D eigenvalue weighted by Crippen LogP contribution is -2.22. The Balaban J connectivity index is 1.74. The van der Waals surface area contributed by atoms with Crippen LogP contribution in [0.3, 0.4) is 0 Å². The second-order valence-corrected chi connectivity index (χ2v) is 6.84. The zero-order valence-electron chi connectivity index (χ0n) is 14.6. The van der Waals surface area contributed by atoms with Gasteiger partial charge in [-0.3, -0.25) is 14.2 Å². The Kier molecular flexibility index (Phi) is 5.53. The molecule has 0 atom stereocenters. The molecule has 0 bridgehead atoms. The van der Waals surface area contributed by atoms with E-state index in [2.05, 4.69) is 10.3 Å². The predicted octanol–water partition coefficient (Wildman–Crippen LogP) is 3.58. The zero-order chi connectivity index (χ0) is 18.5. The highest BCUT2D eigenvalue weighted by Crippen LogP contribution is 2.15. The van der Waals surface area contributed by atoms with E-state index in [0.29, 0.717) is 5.03 Å². The van der Waals surface area contributed by atoms with Gasteiger partial charge in [-0.25, -0.2) is 4.98 Å². The van der Waals surface area contributed by atoms with E-state index in [1.165, 1.54) is 5.56 Å². The molecule has 1 amide bonds. The first-order valence-electron chi connectivity index (χ1n) is 8.17. The molecule has 0 unspecified atom stereocenters. The number of nitrogens with zero attached hydrogens (tertiary/aromatic N) is 2. The third kappa shape index (κ3) is 4.21. The van der Waals surface area contributed by atoms with Crippen molar-refractivity contribution in [3.63, 3.8) is 0 Å². The van der Waals surface area contributed by atoms with Crippen molar-refractivity contribution in [1.29, 1.82) is 0 Å². The molecule has 5 nitrogen and oxygen atoms in total. The van der Waals surface area contributed by atoms with Crippen molar-refractivity contribution in [2.75, 3.05) is 11.1 Å². The van der Waals surface area contributed by atoms with E-state index >= 15 is 0 Å². The van der Waals surface area contributed by atoms with Gasteiger partial charge in [-0.2, -0.15) is 0 Å². The van der Waals surface area contributed by atoms with Crippen LogP contribution in [0.2, 0.25) is 0 Å². The monoisotopic (exact) mass is 365 g/mol. The highest BCUT2D eigenvalue weighted by Gasteiger charge is 2.10. The Morgan fingerprint density at radius 2 is 1.88 bits per heavy atom. The van der Waals surface area contributed by atoms with Crippen LogP contribution in [-0.4, -0.2) is 21.2 Å². The molecule has 0 aliphatic rings. The molecule has 0 aliphatic heterocycles. The van der Waals surface area contributed by atoms with Gasteiger partial charge in [0.2, 0.25) is 5.91 Å². The number of anilines is 1. The van der Waals surface area contributed by atoms with E-state index in [-0.39, 0.29) is 17.2 Å². The van der Waals surface area contributed by atoms with Crippen LogP contribution in [-0.2, 0) is 4.79 Å². The smallest absolute Gasteiger partial charge is 0.287 e. The number of hydrogen-bond acceptors (Lipinski definition) is 4. The summed E-state index contributed by atoms with van der Waals surface area (Å²) in [6.45, 7) is 4.04. The molecule has 1 aromatic heterocycles. The summed E-state index contributed by atoms with van der Waals surface area (Å²) in [5, 5.41) is 3.10. The van der Waals surface area contributed by atoms with Crippen LogP contribution in [0.15, 0.2) is 70.7 Å². The minimum atomic E-state index is -0.228. The zero-order valence-corrected chi connectivity index (χ0v) is 15.4. The molecule has 3 aromatic rings. The van der Waals surface area contributed by atoms with Gasteiger partial charge < -0.3 is 5.32 Å². The first-order valence-corrected chi connectivity index (χ1v) is 9.16. The first kappa shape index (κ1) is 17.9. The van der Waals surface area contributed by atoms with Crippen LogP contribution >= 0.6 is 11.8 Å². The van der Waals surface area contributed by atoms with Gasteiger partial charge in [-0.1, -0.05) is 36.0 Å². The van der Waals surface area contributed by atoms with Gasteiger partial charge in [0, 0.05) is 23.8 Å². The average molecular weight is 365 g/mol. The third-order valence-corrected chi connectivity index (χ3v) is 4.94. The van der Waals surface area contributed by atoms with Gasteiger partial charge in [-0.15, -0.1) is 0 Å². The molecule has 0 aliphatic carbocycles. The summed E-state index contributed by atoms with van der Waals surface area (Å²) in [4.78, 5) is 28.9. The fourth-order valence-electron chi connectivity index (χ4n) is 2.42. The largest absolute Gasteiger partial charge is 0.325 e. The molecule has 0 fully saturated rings. The summed E-state index contributed by atoms with van der Waals surface area (Å²) in [6.07, 6.45) is 3.22. The van der Waals surface area contributed by atoms with Crippen molar-refractivity contribution in [2.45, 2.75) is 18.9 Å². The predicted molar refractivity (Wildman–Crippen MR) is 105 cm³/mol. The quantitative estimate of drug-likeness (QED) is 0.702. The number of carbonyl (C=O) groups excluding carboxylic acids is 1. The maximum atomic E-state index is 12.7. The minimum Gasteiger partial charge on any atom is -0.325 e. The Morgan fingerprint density at radius 1 is 1.12 bits per heavy atom. The highest BCUT2D eigenvalue weighted by molar-refractivity contribution is 7.99. The molecular formula is C20H19N3O2S. The van der Waals surface area contributed by atoms with Crippen LogP contribution in [0.1, 0.15) is 11.1 Å². The number of carbonyl (C=O) groups is 1. The molecule has 0 spiro atoms. The number of aromatic nitrogens is 2. The van der Waals surface area contributed by atoms with Gasteiger partial charge in [0.25, 0.3) is 5.56 Å². The van der Waals surface area contributed by atoms with Crippen LogP contribution in [0.25, 0.3) is 5.69 Å². The molecule has 6 heteroatoms. The van der Waals surface area contributed by atoms with Gasteiger partial charge in [-0.05, 0) is 49.2 Å². The van der Waals surface area contributed by atoms with Crippen LogP contribution in [0, 0.1) is 13.8 Å². The maximum Gasteiger partial charge on any atom is 0.287 e. The van der Waals surface area contributed by atoms with Gasteiger partial charge in [0.1, 0.15) is 0 Å². The lowest BCUT2D eigenvalue weighted by molar-refractivity contribution is -0.113. The average Bonchev–Trinajstić information content (AvgIpc) is 2.64. The molecule has 0 saturated heterocycles. The van der Waals surface area contributed by atoms with E-state index in [0.717, 1.165) is 28.7 Å². The van der Waals surface area contributed by atoms with E-state index in [1.54, 1.807) is 17.0 Å². The molecule has 26 heavy (non-hydrogen) atoms. The summed E-state index contributed by atoms with van der Waals surface area (Å²) in [5.41, 5.74) is 3.57. The fraction of sp³-hybridized carbons (Fsp3) is 0.150. The molecule has 2 aromatic carbocycles. The van der Waals surface area contributed by atoms with Gasteiger partial charge >= 0.3 is 0 Å². The highest BCUT2D eigenvalue weighted by atomic mass is 32.2. The Morgan fingerprint density at radius 3 is 2.62 bits per heavy atom. The normalized spacial score (nSPS) is 10.5. The van der Waals surface area contributed by atoms with Crippen LogP contribution < -0.4 is 10.9 Å². The second kappa shape index (κ2) is 8.01. The number of rotatable bonds is 5. The number of aryl methyl sites for hydroxylation is 2. The Labute approximate surface area is 156 Å². The second-order valence-electron chi connectivity index (χ2n) is 5.88. The Bertz CT molecular complexity index is 984. The van der Waals surface area contributed by atoms with E-state index in [9.17, 15) is 9.59 Å². The Hall–Kier alpha value is -2.86. The van der Waals surface area contributed by atoms with Crippen molar-refractivity contribution >= 4 is 23.4 Å². The molecule has 132 valence electrons. The number of para-hydroxylation sites is 1. The number of benzene rings is 2. The lowest BCUT2D eigenvalue weighted by atomic mass is 10.1. The number of thioether (sulfide) groups is 1. The lowest BCUT2D eigenvalue weighted by Gasteiger charge is -2.09. The molecule has 1 N–H and O–H groups in total. The third-order valence-electron chi connectivity index (χ3n) is 3.98. The molecular weight excluding hydrogens is 346 g/mol. The van der Waals surface area contributed by atoms with Crippen molar-refractivity contribution in [3.8, 4) is 5.69 Å². The number of nitrogens with one attached hydrogen (secondary N) is 1. The van der Waals surface area contributed by atoms with Crippen molar-refractivity contribution in [1.82, 2.24) is 9.55 Å². The minimum absolute atomic E-state index is 0.119. The SMILES string of the molecule is Cc1ccc(-n2ccnc(SCC(=O)Nc3ccccc3)c2=O)cc1C. The standard InChI is InChI=1S/C20H19N3O2S/c1-14-8-9-17(12-15(14)2)23-11-10-21-19(20(23)25)26-13-18(24)22-16-6-4-3-5-7-16/h3-12H,13H2,1-2H3,(H,22,24). The van der Waals surface area contributed by atoms with E-state index < -0.39 is 0 Å². The van der Waals surface area contributed by atoms with Crippen LogP contribution in [0.4, 0.5) is 5.69 Å². The van der Waals surface area contributed by atoms with Gasteiger partial charge in [0.15, 0.2) is 5.03 Å². The molecule has 1 heterocycles. The van der Waals surface area contributed by atoms with Crippen molar-refractivity contribution in [3.05, 3.63) is 82.4 Å². The summed E-state index contributed by atoms with van der Waals surface area (Å²) in [6, 6.07) is 15.1.